The van der Waals surface area contributed by atoms with Crippen LogP contribution in [0.15, 0.2) is 60.8 Å². The van der Waals surface area contributed by atoms with Crippen LogP contribution in [-0.4, -0.2) is 53.1 Å². The van der Waals surface area contributed by atoms with E-state index in [1.807, 2.05) is 36.5 Å². The average molecular weight is 402 g/mol. The lowest BCUT2D eigenvalue weighted by molar-refractivity contribution is 0.313. The van der Waals surface area contributed by atoms with Crippen molar-refractivity contribution < 1.29 is 4.39 Å². The summed E-state index contributed by atoms with van der Waals surface area (Å²) in [5, 5.41) is 3.35. The lowest BCUT2D eigenvalue weighted by Gasteiger charge is -2.33. The van der Waals surface area contributed by atoms with Crippen molar-refractivity contribution in [1.82, 2.24) is 19.9 Å². The van der Waals surface area contributed by atoms with E-state index in [9.17, 15) is 4.39 Å². The zero-order chi connectivity index (χ0) is 20.5. The van der Waals surface area contributed by atoms with Gasteiger partial charge >= 0.3 is 0 Å². The highest BCUT2D eigenvalue weighted by Crippen LogP contribution is 2.25. The summed E-state index contributed by atoms with van der Waals surface area (Å²) in [6.07, 6.45) is 1.92. The van der Waals surface area contributed by atoms with Gasteiger partial charge in [0.15, 0.2) is 0 Å². The zero-order valence-electron chi connectivity index (χ0n) is 16.8. The first-order chi connectivity index (χ1) is 14.6. The number of H-pyrrole nitrogens is 1. The summed E-state index contributed by atoms with van der Waals surface area (Å²) < 4.78 is 13.4. The maximum Gasteiger partial charge on any atom is 0.138 e. The molecule has 0 radical (unpaired) electrons. The Balaban J connectivity index is 1.33. The van der Waals surface area contributed by atoms with E-state index in [2.05, 4.69) is 43.2 Å². The van der Waals surface area contributed by atoms with E-state index in [0.29, 0.717) is 11.3 Å². The van der Waals surface area contributed by atoms with E-state index in [0.717, 1.165) is 54.5 Å². The van der Waals surface area contributed by atoms with Gasteiger partial charge in [-0.05, 0) is 49.5 Å². The van der Waals surface area contributed by atoms with Crippen LogP contribution >= 0.6 is 0 Å². The number of hydrogen-bond acceptors (Lipinski definition) is 5. The van der Waals surface area contributed by atoms with Crippen LogP contribution in [0.25, 0.3) is 22.4 Å². The number of nitrogens with zero attached hydrogens (tertiary/aromatic N) is 4. The fourth-order valence-corrected chi connectivity index (χ4v) is 3.72. The first kappa shape index (κ1) is 18.6. The third-order valence-corrected chi connectivity index (χ3v) is 5.47. The van der Waals surface area contributed by atoms with Gasteiger partial charge < -0.3 is 20.1 Å². The average Bonchev–Trinajstić information content (AvgIpc) is 3.18. The normalized spacial score (nSPS) is 14.9. The molecule has 0 aliphatic carbocycles. The summed E-state index contributed by atoms with van der Waals surface area (Å²) in [6.45, 7) is 4.19. The molecule has 0 saturated carbocycles. The molecule has 1 saturated heterocycles. The van der Waals surface area contributed by atoms with E-state index in [-0.39, 0.29) is 5.82 Å². The Morgan fingerprint density at radius 2 is 1.87 bits per heavy atom. The fraction of sp³-hybridized carbons (Fsp3) is 0.217. The van der Waals surface area contributed by atoms with Crippen molar-refractivity contribution in [3.63, 3.8) is 0 Å². The second kappa shape index (κ2) is 7.76. The first-order valence-electron chi connectivity index (χ1n) is 10.1. The van der Waals surface area contributed by atoms with Crippen LogP contribution in [-0.2, 0) is 0 Å². The maximum absolute atomic E-state index is 13.4. The van der Waals surface area contributed by atoms with E-state index in [1.165, 1.54) is 12.1 Å². The number of benzene rings is 2. The molecule has 2 aromatic heterocycles. The number of imidazole rings is 1. The maximum atomic E-state index is 13.4. The molecule has 1 aliphatic rings. The van der Waals surface area contributed by atoms with Gasteiger partial charge in [0.25, 0.3) is 0 Å². The van der Waals surface area contributed by atoms with Crippen LogP contribution in [0.5, 0.6) is 0 Å². The second-order valence-electron chi connectivity index (χ2n) is 7.64. The summed E-state index contributed by atoms with van der Waals surface area (Å²) >= 11 is 0. The van der Waals surface area contributed by atoms with Gasteiger partial charge in [0.1, 0.15) is 17.5 Å². The number of aromatic amines is 1. The molecule has 0 amide bonds. The second-order valence-corrected chi connectivity index (χ2v) is 7.64. The molecule has 1 aliphatic heterocycles. The molecule has 30 heavy (non-hydrogen) atoms. The monoisotopic (exact) mass is 402 g/mol. The van der Waals surface area contributed by atoms with E-state index in [4.69, 9.17) is 0 Å². The zero-order valence-corrected chi connectivity index (χ0v) is 16.8. The van der Waals surface area contributed by atoms with Crippen LogP contribution in [0.3, 0.4) is 0 Å². The molecule has 0 bridgehead atoms. The Morgan fingerprint density at radius 1 is 1.00 bits per heavy atom. The minimum Gasteiger partial charge on any atom is -0.368 e. The minimum atomic E-state index is -0.279. The molecular formula is C23H23FN6. The highest BCUT2D eigenvalue weighted by Gasteiger charge is 2.14. The number of fused-ring (bicyclic) bond motifs is 1. The number of nitrogens with one attached hydrogen (secondary N) is 2. The van der Waals surface area contributed by atoms with Crippen LogP contribution < -0.4 is 10.2 Å². The summed E-state index contributed by atoms with van der Waals surface area (Å²) in [5.41, 5.74) is 4.41. The number of piperazine rings is 1. The Kier molecular flexibility index (Phi) is 4.80. The number of pyridine rings is 1. The molecule has 0 spiro atoms. The molecule has 7 heteroatoms. The lowest BCUT2D eigenvalue weighted by atomic mass is 10.2. The van der Waals surface area contributed by atoms with Crippen molar-refractivity contribution in [1.29, 1.82) is 0 Å². The van der Waals surface area contributed by atoms with Gasteiger partial charge in [-0.1, -0.05) is 12.1 Å². The number of anilines is 3. The minimum absolute atomic E-state index is 0.279. The van der Waals surface area contributed by atoms with Gasteiger partial charge in [-0.25, -0.2) is 14.4 Å². The predicted molar refractivity (Wildman–Crippen MR) is 119 cm³/mol. The van der Waals surface area contributed by atoms with Gasteiger partial charge in [0, 0.05) is 37.4 Å². The van der Waals surface area contributed by atoms with Crippen LogP contribution in [0.4, 0.5) is 21.6 Å². The molecule has 3 heterocycles. The first-order valence-corrected chi connectivity index (χ1v) is 10.1. The molecule has 4 aromatic rings. The van der Waals surface area contributed by atoms with E-state index >= 15 is 0 Å². The van der Waals surface area contributed by atoms with Gasteiger partial charge in [-0.2, -0.15) is 0 Å². The Hall–Kier alpha value is -3.45. The van der Waals surface area contributed by atoms with Crippen LogP contribution in [0, 0.1) is 5.82 Å². The molecule has 2 N–H and O–H groups in total. The van der Waals surface area contributed by atoms with Gasteiger partial charge in [-0.15, -0.1) is 0 Å². The summed E-state index contributed by atoms with van der Waals surface area (Å²) in [4.78, 5) is 17.0. The number of halogens is 1. The van der Waals surface area contributed by atoms with Crippen molar-refractivity contribution in [2.24, 2.45) is 0 Å². The molecule has 0 atom stereocenters. The number of hydrogen-bond donors (Lipinski definition) is 2. The van der Waals surface area contributed by atoms with Crippen molar-refractivity contribution in [2.75, 3.05) is 43.4 Å². The molecule has 1 fully saturated rings. The number of likely N-dealkylation sites (N-methyl/N-ethyl adjacent to an activating group) is 1. The molecule has 0 unspecified atom stereocenters. The standard InChI is InChI=1S/C23H23FN6/c1-29-9-11-30(12-10-29)19-6-8-22(25-15-19)26-18-4-2-3-16(13-18)23-27-20-7-5-17(24)14-21(20)28-23/h2-8,13-15H,9-12H2,1H3,(H,25,26)(H,27,28). The van der Waals surface area contributed by atoms with E-state index < -0.39 is 0 Å². The van der Waals surface area contributed by atoms with Crippen LogP contribution in [0.1, 0.15) is 0 Å². The lowest BCUT2D eigenvalue weighted by Crippen LogP contribution is -2.44. The summed E-state index contributed by atoms with van der Waals surface area (Å²) in [6, 6.07) is 16.6. The largest absolute Gasteiger partial charge is 0.368 e. The van der Waals surface area contributed by atoms with Crippen molar-refractivity contribution >= 4 is 28.2 Å². The van der Waals surface area contributed by atoms with Gasteiger partial charge in [-0.3, -0.25) is 0 Å². The molecule has 5 rings (SSSR count). The SMILES string of the molecule is CN1CCN(c2ccc(Nc3cccc(-c4nc5ccc(F)cc5[nH]4)c3)nc2)CC1. The highest BCUT2D eigenvalue weighted by molar-refractivity contribution is 5.80. The van der Waals surface area contributed by atoms with Crippen molar-refractivity contribution in [3.8, 4) is 11.4 Å². The molecule has 152 valence electrons. The topological polar surface area (TPSA) is 60.1 Å². The fourth-order valence-electron chi connectivity index (χ4n) is 3.72. The molecule has 2 aromatic carbocycles. The predicted octanol–water partition coefficient (Wildman–Crippen LogP) is 4.26. The van der Waals surface area contributed by atoms with E-state index in [1.54, 1.807) is 6.07 Å². The number of aromatic nitrogens is 3. The molecule has 6 nitrogen and oxygen atoms in total. The Labute approximate surface area is 174 Å². The quantitative estimate of drug-likeness (QED) is 0.534. The third kappa shape index (κ3) is 3.84. The van der Waals surface area contributed by atoms with Gasteiger partial charge in [0.05, 0.1) is 22.9 Å². The van der Waals surface area contributed by atoms with Crippen molar-refractivity contribution in [3.05, 3.63) is 66.6 Å². The molecular weight excluding hydrogens is 379 g/mol. The van der Waals surface area contributed by atoms with Gasteiger partial charge in [0.2, 0.25) is 0 Å². The smallest absolute Gasteiger partial charge is 0.138 e. The summed E-state index contributed by atoms with van der Waals surface area (Å²) in [5.74, 6) is 1.22. The Morgan fingerprint density at radius 3 is 2.67 bits per heavy atom. The van der Waals surface area contributed by atoms with Crippen LogP contribution in [0.2, 0.25) is 0 Å². The Bertz CT molecular complexity index is 1160. The van der Waals surface area contributed by atoms with Crippen molar-refractivity contribution in [2.45, 2.75) is 0 Å². The third-order valence-electron chi connectivity index (χ3n) is 5.47. The highest BCUT2D eigenvalue weighted by atomic mass is 19.1. The number of rotatable bonds is 4. The summed E-state index contributed by atoms with van der Waals surface area (Å²) in [7, 11) is 2.15.